The number of unbranched alkanes of at least 4 members (excludes halogenated alkanes) is 32. The van der Waals surface area contributed by atoms with Gasteiger partial charge in [0.1, 0.15) is 10.1 Å². The molecule has 0 aliphatic carbocycles. The summed E-state index contributed by atoms with van der Waals surface area (Å²) in [6, 6.07) is 3.62. The number of rotatable bonds is 43. The van der Waals surface area contributed by atoms with Gasteiger partial charge in [0.15, 0.2) is 0 Å². The summed E-state index contributed by atoms with van der Waals surface area (Å²) < 4.78 is 46.9. The quantitative estimate of drug-likeness (QED) is 0.0211. The van der Waals surface area contributed by atoms with E-state index in [1.807, 2.05) is 0 Å². The summed E-state index contributed by atoms with van der Waals surface area (Å²) in [7, 11) is -5.03. The van der Waals surface area contributed by atoms with Crippen LogP contribution in [0.1, 0.15) is 266 Å². The zero-order chi connectivity index (χ0) is 43.6. The predicted octanol–water partition coefficient (Wildman–Crippen LogP) is 13.1. The standard InChI is InChI=1S/C52H90O7S.K/c1-3-5-7-9-11-13-15-17-19-21-23-25-27-29-31-33-35-37-39-41-46-58-51(53)48-44-43-45-49(60(55,56)57)50(48)52(54)59-47-42-40-38-36-34-32-30-28-26-24-22-20-18-16-14-12-10-8-6-4-2;/h29-32,43-45H,3-28,33-42,46-47H2,1-2H3,(H,55,56,57);/q;+1/p-1/b31-29+,32-30+;. The molecule has 0 saturated carbocycles. The van der Waals surface area contributed by atoms with Crippen LogP contribution in [0.25, 0.3) is 0 Å². The summed E-state index contributed by atoms with van der Waals surface area (Å²) in [5.41, 5.74) is -0.795. The molecule has 0 fully saturated rings. The van der Waals surface area contributed by atoms with Gasteiger partial charge in [0, 0.05) is 0 Å². The first-order chi connectivity index (χ1) is 29.3. The molecular formula is C52H89KO7S. The van der Waals surface area contributed by atoms with Crippen LogP contribution in [-0.4, -0.2) is 38.1 Å². The Kier molecular flexibility index (Phi) is 43.8. The minimum Gasteiger partial charge on any atom is -0.744 e. The average Bonchev–Trinajstić information content (AvgIpc) is 3.24. The van der Waals surface area contributed by atoms with Crippen molar-refractivity contribution in [2.75, 3.05) is 13.2 Å². The van der Waals surface area contributed by atoms with Crippen LogP contribution in [0.4, 0.5) is 0 Å². The van der Waals surface area contributed by atoms with E-state index in [4.69, 9.17) is 9.47 Å². The number of hydrogen-bond donors (Lipinski definition) is 0. The van der Waals surface area contributed by atoms with E-state index in [1.54, 1.807) is 0 Å². The second-order valence-electron chi connectivity index (χ2n) is 17.1. The van der Waals surface area contributed by atoms with Crippen molar-refractivity contribution in [3.63, 3.8) is 0 Å². The summed E-state index contributed by atoms with van der Waals surface area (Å²) >= 11 is 0. The van der Waals surface area contributed by atoms with E-state index >= 15 is 0 Å². The Hall–Kier alpha value is -0.814. The van der Waals surface area contributed by atoms with Crippen molar-refractivity contribution in [1.82, 2.24) is 0 Å². The Morgan fingerprint density at radius 2 is 0.754 bits per heavy atom. The minimum absolute atomic E-state index is 0. The van der Waals surface area contributed by atoms with Crippen LogP contribution < -0.4 is 51.4 Å². The molecule has 1 aromatic carbocycles. The van der Waals surface area contributed by atoms with E-state index in [0.717, 1.165) is 70.3 Å². The van der Waals surface area contributed by atoms with Crippen molar-refractivity contribution in [3.8, 4) is 0 Å². The maximum atomic E-state index is 13.1. The molecule has 0 N–H and O–H groups in total. The van der Waals surface area contributed by atoms with Gasteiger partial charge in [-0.15, -0.1) is 0 Å². The van der Waals surface area contributed by atoms with Gasteiger partial charge in [-0.1, -0.05) is 211 Å². The van der Waals surface area contributed by atoms with Gasteiger partial charge in [-0.3, -0.25) is 0 Å². The Morgan fingerprint density at radius 1 is 0.459 bits per heavy atom. The van der Waals surface area contributed by atoms with Gasteiger partial charge in [-0.05, 0) is 76.3 Å². The van der Waals surface area contributed by atoms with Gasteiger partial charge < -0.3 is 14.0 Å². The fourth-order valence-corrected chi connectivity index (χ4v) is 8.40. The second kappa shape index (κ2) is 44.4. The number of hydrogen-bond acceptors (Lipinski definition) is 7. The summed E-state index contributed by atoms with van der Waals surface area (Å²) in [4.78, 5) is 25.3. The Morgan fingerprint density at radius 3 is 1.08 bits per heavy atom. The van der Waals surface area contributed by atoms with Gasteiger partial charge in [0.05, 0.1) is 29.2 Å². The van der Waals surface area contributed by atoms with E-state index in [0.29, 0.717) is 12.8 Å². The largest absolute Gasteiger partial charge is 1.00 e. The first-order valence-corrected chi connectivity index (χ1v) is 26.5. The number of carbonyl (C=O) groups excluding carboxylic acids is 2. The van der Waals surface area contributed by atoms with Crippen LogP contribution in [0.3, 0.4) is 0 Å². The first-order valence-electron chi connectivity index (χ1n) is 25.1. The van der Waals surface area contributed by atoms with E-state index in [1.165, 1.54) is 166 Å². The smallest absolute Gasteiger partial charge is 0.744 e. The molecule has 346 valence electrons. The minimum atomic E-state index is -5.03. The zero-order valence-electron chi connectivity index (χ0n) is 39.7. The fraction of sp³-hybridized carbons (Fsp3) is 0.769. The summed E-state index contributed by atoms with van der Waals surface area (Å²) in [6.45, 7) is 4.76. The average molecular weight is 897 g/mol. The van der Waals surface area contributed by atoms with Crippen molar-refractivity contribution >= 4 is 22.1 Å². The molecule has 0 aromatic heterocycles. The van der Waals surface area contributed by atoms with Gasteiger partial charge in [-0.25, -0.2) is 18.0 Å². The second-order valence-corrected chi connectivity index (χ2v) is 18.5. The number of esters is 2. The van der Waals surface area contributed by atoms with Crippen molar-refractivity contribution < 1.29 is 83.4 Å². The SMILES string of the molecule is CCCCCCCCCCCCCC/C=C/CCCCCCOC(=O)c1cccc(S(=O)(=O)[O-])c1C(=O)OCCCCCC/C=C/CCCCCCCCCCCCCC.[K+]. The molecule has 7 nitrogen and oxygen atoms in total. The maximum absolute atomic E-state index is 13.1. The molecule has 0 heterocycles. The Balaban J connectivity index is 0.0000360. The molecule has 0 aliphatic rings. The Labute approximate surface area is 418 Å². The van der Waals surface area contributed by atoms with Crippen LogP contribution in [0.2, 0.25) is 0 Å². The molecule has 1 aromatic rings. The third-order valence-corrected chi connectivity index (χ3v) is 12.4. The Bertz CT molecular complexity index is 1340. The topological polar surface area (TPSA) is 110 Å². The van der Waals surface area contributed by atoms with Crippen LogP contribution in [0.15, 0.2) is 47.4 Å². The van der Waals surface area contributed by atoms with Crippen molar-refractivity contribution in [2.45, 2.75) is 250 Å². The predicted molar refractivity (Wildman–Crippen MR) is 251 cm³/mol. The maximum Gasteiger partial charge on any atom is 1.00 e. The van der Waals surface area contributed by atoms with E-state index < -0.39 is 32.5 Å². The van der Waals surface area contributed by atoms with E-state index in [9.17, 15) is 22.6 Å². The van der Waals surface area contributed by atoms with Gasteiger partial charge in [-0.2, -0.15) is 0 Å². The summed E-state index contributed by atoms with van der Waals surface area (Å²) in [5.74, 6) is -1.83. The summed E-state index contributed by atoms with van der Waals surface area (Å²) in [5, 5.41) is 0. The molecule has 0 spiro atoms. The molecule has 0 atom stereocenters. The monoisotopic (exact) mass is 897 g/mol. The molecule has 0 amide bonds. The van der Waals surface area contributed by atoms with Crippen molar-refractivity contribution in [3.05, 3.63) is 53.6 Å². The molecule has 9 heteroatoms. The molecule has 1 rings (SSSR count). The van der Waals surface area contributed by atoms with Crippen LogP contribution in [0, 0.1) is 0 Å². The molecule has 0 unspecified atom stereocenters. The van der Waals surface area contributed by atoms with Gasteiger partial charge >= 0.3 is 63.3 Å². The first kappa shape index (κ1) is 60.2. The van der Waals surface area contributed by atoms with Crippen LogP contribution in [0.5, 0.6) is 0 Å². The number of ether oxygens (including phenoxy) is 2. The summed E-state index contributed by atoms with van der Waals surface area (Å²) in [6.07, 6.45) is 53.4. The number of carbonyl (C=O) groups is 2. The number of allylic oxidation sites excluding steroid dienone is 4. The van der Waals surface area contributed by atoms with Crippen molar-refractivity contribution in [1.29, 1.82) is 0 Å². The van der Waals surface area contributed by atoms with Crippen molar-refractivity contribution in [2.24, 2.45) is 0 Å². The van der Waals surface area contributed by atoms with Gasteiger partial charge in [0.25, 0.3) is 0 Å². The third kappa shape index (κ3) is 36.1. The van der Waals surface area contributed by atoms with E-state index in [-0.39, 0.29) is 70.2 Å². The molecule has 0 aliphatic heterocycles. The fourth-order valence-electron chi connectivity index (χ4n) is 7.71. The third-order valence-electron chi connectivity index (χ3n) is 11.5. The molecule has 0 radical (unpaired) electrons. The van der Waals surface area contributed by atoms with Crippen LogP contribution >= 0.6 is 0 Å². The molecule has 61 heavy (non-hydrogen) atoms. The molecular weight excluding hydrogens is 808 g/mol. The van der Waals surface area contributed by atoms with Gasteiger partial charge in [0.2, 0.25) is 0 Å². The van der Waals surface area contributed by atoms with Crippen LogP contribution in [-0.2, 0) is 19.6 Å². The number of benzene rings is 1. The molecule has 0 saturated heterocycles. The molecule has 0 bridgehead atoms. The normalized spacial score (nSPS) is 11.7. The van der Waals surface area contributed by atoms with E-state index in [2.05, 4.69) is 38.2 Å². The zero-order valence-corrected chi connectivity index (χ0v) is 43.6.